The van der Waals surface area contributed by atoms with E-state index in [1.165, 1.54) is 27.4 Å². The third-order valence-electron chi connectivity index (χ3n) is 7.13. The fraction of sp³-hybridized carbons (Fsp3) is 0.500. The van der Waals surface area contributed by atoms with Crippen LogP contribution < -0.4 is 11.2 Å². The number of aliphatic hydroxyl groups is 1. The summed E-state index contributed by atoms with van der Waals surface area (Å²) < 4.78 is 9.69. The lowest BCUT2D eigenvalue weighted by Crippen LogP contribution is -2.34. The van der Waals surface area contributed by atoms with Crippen LogP contribution in [-0.2, 0) is 17.8 Å². The number of aromatic nitrogens is 4. The monoisotopic (exact) mass is 588 g/mol. The van der Waals surface area contributed by atoms with E-state index >= 15 is 0 Å². The van der Waals surface area contributed by atoms with E-state index in [2.05, 4.69) is 62.4 Å². The smallest absolute Gasteiger partial charge is 0.330 e. The number of allylic oxidation sites excluding steroid dienone is 1. The summed E-state index contributed by atoms with van der Waals surface area (Å²) in [5.41, 5.74) is 12.6. The molecule has 1 saturated heterocycles. The van der Waals surface area contributed by atoms with Crippen molar-refractivity contribution >= 4 is 34.9 Å². The van der Waals surface area contributed by atoms with Gasteiger partial charge in [0, 0.05) is 53.8 Å². The van der Waals surface area contributed by atoms with Crippen LogP contribution in [0.5, 0.6) is 0 Å². The van der Waals surface area contributed by atoms with E-state index in [9.17, 15) is 9.59 Å². The number of benzene rings is 1. The van der Waals surface area contributed by atoms with Gasteiger partial charge in [-0.15, -0.1) is 0 Å². The highest BCUT2D eigenvalue weighted by molar-refractivity contribution is 7.71. The minimum Gasteiger partial charge on any atom is -0.394 e. The summed E-state index contributed by atoms with van der Waals surface area (Å²) >= 11 is 11.7. The lowest BCUT2D eigenvalue weighted by atomic mass is 10.1. The first kappa shape index (κ1) is 29.8. The minimum atomic E-state index is -0.671. The second-order valence-electron chi connectivity index (χ2n) is 10.4. The Labute approximate surface area is 240 Å². The Morgan fingerprint density at radius 3 is 2.77 bits per heavy atom. The third kappa shape index (κ3) is 6.41. The normalized spacial score (nSPS) is 22.2. The van der Waals surface area contributed by atoms with Gasteiger partial charge in [-0.25, -0.2) is 4.79 Å². The predicted octanol–water partition coefficient (Wildman–Crippen LogP) is 4.33. The molecule has 4 atom stereocenters. The summed E-state index contributed by atoms with van der Waals surface area (Å²) in [5, 5.41) is 13.4. The molecule has 0 aliphatic carbocycles. The molecule has 2 aliphatic rings. The van der Waals surface area contributed by atoms with Crippen molar-refractivity contribution in [3.05, 3.63) is 82.2 Å². The summed E-state index contributed by atoms with van der Waals surface area (Å²) in [6.07, 6.45) is 2.61. The average Bonchev–Trinajstić information content (AvgIpc) is 3.39. The van der Waals surface area contributed by atoms with Crippen molar-refractivity contribution in [2.24, 2.45) is 5.11 Å². The number of aryl methyl sites for hydroxylation is 1. The topological polar surface area (TPSA) is 157 Å². The molecule has 40 heavy (non-hydrogen) atoms. The van der Waals surface area contributed by atoms with Gasteiger partial charge in [0.25, 0.3) is 5.56 Å². The zero-order valence-electron chi connectivity index (χ0n) is 22.8. The number of nitrogens with zero attached hydrogens (tertiary/aromatic N) is 6. The van der Waals surface area contributed by atoms with Crippen molar-refractivity contribution in [2.45, 2.75) is 71.6 Å². The molecule has 0 bridgehead atoms. The predicted molar refractivity (Wildman–Crippen MR) is 156 cm³/mol. The first-order valence-electron chi connectivity index (χ1n) is 12.9. The second kappa shape index (κ2) is 12.5. The van der Waals surface area contributed by atoms with Crippen LogP contribution in [-0.4, -0.2) is 60.4 Å². The van der Waals surface area contributed by atoms with Crippen molar-refractivity contribution < 1.29 is 9.84 Å². The zero-order valence-corrected chi connectivity index (χ0v) is 24.4. The minimum absolute atomic E-state index is 0.265. The standard InChI is InChI=1S/C16H20ClN3S.C10H13N5O4/c1-10(2)4-5-19-9-12-6-13(17)7-14-15(12)20(8-11(19)3)16(21)18-14;1-5-3-15(10(18)12-9(5)17)8-2-6(13-14-11)7(4-16)19-8/h4,6-7,11H,5,8-9H2,1-3H3,(H,18,21);3,6-8,16H,2,4H2,1H3,(H,12,17,18)/t11-;6-,7+,8+/m00/s1. The van der Waals surface area contributed by atoms with Crippen LogP contribution in [0.15, 0.2) is 44.7 Å². The highest BCUT2D eigenvalue weighted by atomic mass is 35.5. The third-order valence-corrected chi connectivity index (χ3v) is 7.67. The van der Waals surface area contributed by atoms with Gasteiger partial charge >= 0.3 is 5.69 Å². The van der Waals surface area contributed by atoms with Gasteiger partial charge in [-0.2, -0.15) is 0 Å². The highest BCUT2D eigenvalue weighted by Gasteiger charge is 2.35. The maximum Gasteiger partial charge on any atom is 0.330 e. The fourth-order valence-electron chi connectivity index (χ4n) is 4.99. The molecule has 3 N–H and O–H groups in total. The highest BCUT2D eigenvalue weighted by Crippen LogP contribution is 2.30. The number of rotatable bonds is 5. The van der Waals surface area contributed by atoms with Crippen LogP contribution in [0.25, 0.3) is 21.5 Å². The van der Waals surface area contributed by atoms with Crippen molar-refractivity contribution in [2.75, 3.05) is 13.2 Å². The van der Waals surface area contributed by atoms with Crippen molar-refractivity contribution in [1.29, 1.82) is 0 Å². The van der Waals surface area contributed by atoms with Crippen LogP contribution in [0.4, 0.5) is 0 Å². The zero-order chi connectivity index (χ0) is 29.1. The number of nitrogens with one attached hydrogen (secondary N) is 2. The number of hydrogen-bond donors (Lipinski definition) is 3. The molecule has 2 aliphatic heterocycles. The van der Waals surface area contributed by atoms with Crippen molar-refractivity contribution in [3.63, 3.8) is 0 Å². The SMILES string of the molecule is CC(C)=CCN1Cc2cc(Cl)cc3[nH]c(=S)n(c23)C[C@@H]1C.Cc1cn([C@H]2C[C@H](N=[N+]=[N-])[C@@H](CO)O2)c(=O)[nH]c1=O. The van der Waals surface area contributed by atoms with Gasteiger partial charge < -0.3 is 19.4 Å². The lowest BCUT2D eigenvalue weighted by molar-refractivity contribution is -0.0271. The molecular formula is C26H33ClN8O4S. The van der Waals surface area contributed by atoms with Gasteiger partial charge in [0.1, 0.15) is 6.23 Å². The van der Waals surface area contributed by atoms with E-state index in [1.54, 1.807) is 6.92 Å². The molecule has 3 aromatic rings. The molecule has 0 saturated carbocycles. The molecule has 5 rings (SSSR count). The molecule has 4 heterocycles. The number of aromatic amines is 2. The van der Waals surface area contributed by atoms with Crippen molar-refractivity contribution in [3.8, 4) is 0 Å². The molecule has 12 nitrogen and oxygen atoms in total. The second-order valence-corrected chi connectivity index (χ2v) is 11.2. The van der Waals surface area contributed by atoms with Crippen LogP contribution in [0, 0.1) is 11.7 Å². The fourth-order valence-corrected chi connectivity index (χ4v) is 5.50. The van der Waals surface area contributed by atoms with Crippen LogP contribution >= 0.6 is 23.8 Å². The number of halogens is 1. The summed E-state index contributed by atoms with van der Waals surface area (Å²) in [6, 6.07) is 3.91. The number of hydrogen-bond acceptors (Lipinski definition) is 7. The van der Waals surface area contributed by atoms with E-state index in [4.69, 9.17) is 39.2 Å². The van der Waals surface area contributed by atoms with Crippen LogP contribution in [0.3, 0.4) is 0 Å². The van der Waals surface area contributed by atoms with Crippen LogP contribution in [0.2, 0.25) is 5.02 Å². The quantitative estimate of drug-likeness (QED) is 0.132. The first-order valence-corrected chi connectivity index (χ1v) is 13.7. The Bertz CT molecular complexity index is 1650. The Morgan fingerprint density at radius 1 is 1.35 bits per heavy atom. The van der Waals surface area contributed by atoms with E-state index in [0.29, 0.717) is 11.6 Å². The lowest BCUT2D eigenvalue weighted by Gasteiger charge is -2.26. The Morgan fingerprint density at radius 2 is 2.10 bits per heavy atom. The summed E-state index contributed by atoms with van der Waals surface area (Å²) in [6.45, 7) is 10.6. The maximum absolute atomic E-state index is 11.7. The Balaban J connectivity index is 0.000000186. The van der Waals surface area contributed by atoms with Gasteiger partial charge in [0.05, 0.1) is 29.8 Å². The molecule has 1 aromatic carbocycles. The molecule has 0 spiro atoms. The first-order chi connectivity index (χ1) is 19.0. The van der Waals surface area contributed by atoms with Gasteiger partial charge in [-0.1, -0.05) is 28.4 Å². The Hall–Kier alpha value is -3.19. The number of aliphatic hydroxyl groups excluding tert-OH is 1. The van der Waals surface area contributed by atoms with E-state index in [0.717, 1.165) is 34.9 Å². The summed E-state index contributed by atoms with van der Waals surface area (Å²) in [4.78, 5) is 33.6. The summed E-state index contributed by atoms with van der Waals surface area (Å²) in [5.74, 6) is 0. The number of azide groups is 1. The van der Waals surface area contributed by atoms with E-state index in [1.807, 2.05) is 6.07 Å². The number of H-pyrrole nitrogens is 2. The molecule has 2 aromatic heterocycles. The van der Waals surface area contributed by atoms with Gasteiger partial charge in [0.2, 0.25) is 0 Å². The van der Waals surface area contributed by atoms with Crippen LogP contribution in [0.1, 0.15) is 44.5 Å². The number of ether oxygens (including phenoxy) is 1. The molecule has 0 amide bonds. The Kier molecular flexibility index (Phi) is 9.34. The van der Waals surface area contributed by atoms with Gasteiger partial charge in [0.15, 0.2) is 4.77 Å². The maximum atomic E-state index is 11.7. The molecule has 0 radical (unpaired) electrons. The average molecular weight is 589 g/mol. The van der Waals surface area contributed by atoms with Crippen molar-refractivity contribution in [1.82, 2.24) is 24.0 Å². The molecule has 1 fully saturated rings. The van der Waals surface area contributed by atoms with Gasteiger partial charge in [-0.3, -0.25) is 19.2 Å². The number of imidazole rings is 1. The molecule has 214 valence electrons. The molecule has 0 unspecified atom stereocenters. The molecule has 14 heteroatoms. The summed E-state index contributed by atoms with van der Waals surface area (Å²) in [7, 11) is 0. The van der Waals surface area contributed by atoms with Gasteiger partial charge in [-0.05, 0) is 63.1 Å². The van der Waals surface area contributed by atoms with E-state index in [-0.39, 0.29) is 13.0 Å². The molecular weight excluding hydrogens is 556 g/mol. The van der Waals surface area contributed by atoms with E-state index < -0.39 is 29.6 Å². The largest absolute Gasteiger partial charge is 0.394 e.